The molecule has 0 aromatic carbocycles. The maximum Gasteiger partial charge on any atom is 0.155 e. The van der Waals surface area contributed by atoms with Crippen molar-refractivity contribution < 1.29 is 19.8 Å². The van der Waals surface area contributed by atoms with Gasteiger partial charge in [-0.15, -0.1) is 0 Å². The lowest BCUT2D eigenvalue weighted by Crippen LogP contribution is -2.58. The number of hydrogen-bond acceptors (Lipinski definition) is 4. The van der Waals surface area contributed by atoms with Crippen LogP contribution in [0.1, 0.15) is 59.3 Å². The third-order valence-electron chi connectivity index (χ3n) is 8.55. The van der Waals surface area contributed by atoms with Gasteiger partial charge in [0.1, 0.15) is 5.78 Å². The number of carbonyl (C=O) groups is 2. The zero-order chi connectivity index (χ0) is 18.1. The van der Waals surface area contributed by atoms with Crippen molar-refractivity contribution in [3.63, 3.8) is 0 Å². The molecular formula is C21H30O4. The Morgan fingerprint density at radius 2 is 1.92 bits per heavy atom. The fraction of sp³-hybridized carbons (Fsp3) is 0.810. The van der Waals surface area contributed by atoms with Crippen molar-refractivity contribution in [3.05, 3.63) is 11.6 Å². The van der Waals surface area contributed by atoms with Crippen molar-refractivity contribution in [2.24, 2.45) is 34.5 Å². The number of carbonyl (C=O) groups excluding carboxylic acids is 2. The molecule has 0 radical (unpaired) electrons. The van der Waals surface area contributed by atoms with Crippen molar-refractivity contribution in [2.45, 2.75) is 71.5 Å². The first-order chi connectivity index (χ1) is 11.7. The Bertz CT molecular complexity index is 652. The molecule has 0 spiro atoms. The summed E-state index contributed by atoms with van der Waals surface area (Å²) in [5.41, 5.74) is 0.679. The van der Waals surface area contributed by atoms with E-state index in [1.807, 2.05) is 13.0 Å². The smallest absolute Gasteiger partial charge is 0.155 e. The summed E-state index contributed by atoms with van der Waals surface area (Å²) in [5, 5.41) is 22.0. The maximum absolute atomic E-state index is 12.2. The highest BCUT2D eigenvalue weighted by Crippen LogP contribution is 2.66. The zero-order valence-corrected chi connectivity index (χ0v) is 15.5. The summed E-state index contributed by atoms with van der Waals surface area (Å²) in [7, 11) is 0. The van der Waals surface area contributed by atoms with Crippen LogP contribution >= 0.6 is 0 Å². The van der Waals surface area contributed by atoms with E-state index >= 15 is 0 Å². The van der Waals surface area contributed by atoms with E-state index in [2.05, 4.69) is 6.92 Å². The molecule has 0 unspecified atom stereocenters. The van der Waals surface area contributed by atoms with Crippen LogP contribution in [0.2, 0.25) is 0 Å². The number of fused-ring (bicyclic) bond motifs is 5. The van der Waals surface area contributed by atoms with Crippen LogP contribution in [0.25, 0.3) is 0 Å². The third kappa shape index (κ3) is 2.19. The summed E-state index contributed by atoms with van der Waals surface area (Å²) in [6.45, 7) is 5.87. The molecule has 4 aliphatic rings. The summed E-state index contributed by atoms with van der Waals surface area (Å²) in [4.78, 5) is 24.1. The molecule has 0 aromatic rings. The normalized spacial score (nSPS) is 52.0. The van der Waals surface area contributed by atoms with E-state index < -0.39 is 17.6 Å². The predicted molar refractivity (Wildman–Crippen MR) is 93.7 cm³/mol. The van der Waals surface area contributed by atoms with E-state index in [1.54, 1.807) is 6.92 Å². The monoisotopic (exact) mass is 346 g/mol. The highest BCUT2D eigenvalue weighted by Gasteiger charge is 2.65. The minimum absolute atomic E-state index is 0.0221. The van der Waals surface area contributed by atoms with Gasteiger partial charge in [0, 0.05) is 17.8 Å². The first kappa shape index (κ1) is 17.4. The first-order valence-electron chi connectivity index (χ1n) is 9.80. The molecule has 8 atom stereocenters. The van der Waals surface area contributed by atoms with Gasteiger partial charge in [-0.25, -0.2) is 0 Å². The average molecular weight is 346 g/mol. The van der Waals surface area contributed by atoms with Crippen molar-refractivity contribution in [1.29, 1.82) is 0 Å². The van der Waals surface area contributed by atoms with E-state index in [0.717, 1.165) is 19.3 Å². The van der Waals surface area contributed by atoms with Gasteiger partial charge in [0.05, 0.1) is 12.2 Å². The van der Waals surface area contributed by atoms with E-state index in [9.17, 15) is 19.8 Å². The number of hydrogen-bond donors (Lipinski definition) is 2. The topological polar surface area (TPSA) is 74.6 Å². The predicted octanol–water partition coefficient (Wildman–Crippen LogP) is 2.67. The summed E-state index contributed by atoms with van der Waals surface area (Å²) in [6, 6.07) is 0. The highest BCUT2D eigenvalue weighted by atomic mass is 16.3. The molecule has 0 aliphatic heterocycles. The van der Waals surface area contributed by atoms with Crippen molar-refractivity contribution in [1.82, 2.24) is 0 Å². The van der Waals surface area contributed by atoms with Crippen molar-refractivity contribution in [2.75, 3.05) is 0 Å². The highest BCUT2D eigenvalue weighted by molar-refractivity contribution is 5.91. The van der Waals surface area contributed by atoms with Gasteiger partial charge in [-0.2, -0.15) is 0 Å². The average Bonchev–Trinajstić information content (AvgIpc) is 2.82. The van der Waals surface area contributed by atoms with Crippen LogP contribution in [-0.2, 0) is 9.59 Å². The number of allylic oxidation sites excluding steroid dienone is 1. The molecule has 0 aromatic heterocycles. The quantitative estimate of drug-likeness (QED) is 0.765. The fourth-order valence-corrected chi connectivity index (χ4v) is 7.20. The Labute approximate surface area is 149 Å². The van der Waals surface area contributed by atoms with E-state index in [4.69, 9.17) is 0 Å². The number of rotatable bonds is 1. The SMILES string of the molecule is CC(=O)[C@H]1C[C@@H](O)[C@H]2[C@@H]3CCC4=CC(=O)CC[C@]4(C)[C@H]3C[C@@H](O)[C@@]21C. The molecule has 2 N–H and O–H groups in total. The van der Waals surface area contributed by atoms with Crippen LogP contribution in [0.3, 0.4) is 0 Å². The zero-order valence-electron chi connectivity index (χ0n) is 15.5. The van der Waals surface area contributed by atoms with Gasteiger partial charge in [0.25, 0.3) is 0 Å². The van der Waals surface area contributed by atoms with Gasteiger partial charge >= 0.3 is 0 Å². The molecule has 0 bridgehead atoms. The lowest BCUT2D eigenvalue weighted by Gasteiger charge is -2.59. The van der Waals surface area contributed by atoms with E-state index in [0.29, 0.717) is 25.2 Å². The van der Waals surface area contributed by atoms with E-state index in [-0.39, 0.29) is 34.7 Å². The van der Waals surface area contributed by atoms with Gasteiger partial charge in [-0.1, -0.05) is 19.4 Å². The summed E-state index contributed by atoms with van der Waals surface area (Å²) in [6.07, 6.45) is 5.21. The molecule has 138 valence electrons. The molecule has 4 rings (SSSR count). The molecule has 0 amide bonds. The van der Waals surface area contributed by atoms with E-state index in [1.165, 1.54) is 5.57 Å². The van der Waals surface area contributed by atoms with Crippen LogP contribution in [-0.4, -0.2) is 34.0 Å². The molecule has 0 heterocycles. The third-order valence-corrected chi connectivity index (χ3v) is 8.55. The number of aliphatic hydroxyl groups is 2. The molecule has 25 heavy (non-hydrogen) atoms. The van der Waals surface area contributed by atoms with Gasteiger partial charge in [-0.05, 0) is 68.3 Å². The Morgan fingerprint density at radius 1 is 1.20 bits per heavy atom. The molecule has 0 saturated heterocycles. The molecular weight excluding hydrogens is 316 g/mol. The standard InChI is InChI=1S/C21H30O4/c1-11(22)15-9-17(24)19-14-5-4-12-8-13(23)6-7-20(12,2)16(14)10-18(25)21(15,19)3/h8,14-19,24-25H,4-7,9-10H2,1-3H3/t14-,15-,16+,17-,18-,19-,20+,21+/m1/s1. The first-order valence-corrected chi connectivity index (χ1v) is 9.80. The summed E-state index contributed by atoms with van der Waals surface area (Å²) >= 11 is 0. The molecule has 4 nitrogen and oxygen atoms in total. The minimum Gasteiger partial charge on any atom is -0.393 e. The number of ketones is 2. The largest absolute Gasteiger partial charge is 0.393 e. The van der Waals surface area contributed by atoms with Gasteiger partial charge in [0.15, 0.2) is 5.78 Å². The van der Waals surface area contributed by atoms with Crippen LogP contribution in [0.15, 0.2) is 11.6 Å². The Balaban J connectivity index is 1.75. The van der Waals surface area contributed by atoms with Gasteiger partial charge < -0.3 is 10.2 Å². The fourth-order valence-electron chi connectivity index (χ4n) is 7.20. The van der Waals surface area contributed by atoms with Crippen LogP contribution in [0.5, 0.6) is 0 Å². The van der Waals surface area contributed by atoms with Crippen molar-refractivity contribution in [3.8, 4) is 0 Å². The Morgan fingerprint density at radius 3 is 2.60 bits per heavy atom. The van der Waals surface area contributed by atoms with Gasteiger partial charge in [-0.3, -0.25) is 9.59 Å². The van der Waals surface area contributed by atoms with Crippen molar-refractivity contribution >= 4 is 11.6 Å². The lowest BCUT2D eigenvalue weighted by molar-refractivity contribution is -0.157. The minimum atomic E-state index is -0.571. The number of aliphatic hydroxyl groups excluding tert-OH is 2. The van der Waals surface area contributed by atoms with Crippen LogP contribution in [0.4, 0.5) is 0 Å². The summed E-state index contributed by atoms with van der Waals surface area (Å²) < 4.78 is 0. The molecule has 3 saturated carbocycles. The molecule has 3 fully saturated rings. The van der Waals surface area contributed by atoms with Crippen LogP contribution in [0, 0.1) is 34.5 Å². The second kappa shape index (κ2) is 5.50. The second-order valence-corrected chi connectivity index (χ2v) is 9.47. The Hall–Kier alpha value is -1.00. The van der Waals surface area contributed by atoms with Gasteiger partial charge in [0.2, 0.25) is 0 Å². The summed E-state index contributed by atoms with van der Waals surface area (Å²) in [5.74, 6) is 0.654. The molecule has 4 heteroatoms. The van der Waals surface area contributed by atoms with Crippen LogP contribution < -0.4 is 0 Å². The maximum atomic E-state index is 12.2. The Kier molecular flexibility index (Phi) is 3.83. The lowest BCUT2D eigenvalue weighted by atomic mass is 9.45. The molecule has 4 aliphatic carbocycles. The second-order valence-electron chi connectivity index (χ2n) is 9.47. The number of Topliss-reactive ketones (excluding diaryl/α,β-unsaturated/α-hetero) is 1.